The topological polar surface area (TPSA) is 108 Å². The number of rotatable bonds is 8. The number of imidazole rings is 1. The fourth-order valence-electron chi connectivity index (χ4n) is 3.29. The molecule has 0 aliphatic heterocycles. The second-order valence-electron chi connectivity index (χ2n) is 8.20. The van der Waals surface area contributed by atoms with Gasteiger partial charge in [0.1, 0.15) is 5.75 Å². The number of fused-ring (bicyclic) bond motifs is 1. The van der Waals surface area contributed by atoms with Gasteiger partial charge in [-0.2, -0.15) is 9.97 Å². The summed E-state index contributed by atoms with van der Waals surface area (Å²) in [6.45, 7) is 9.93. The van der Waals surface area contributed by atoms with Crippen LogP contribution < -0.4 is 10.6 Å². The number of anilines is 2. The van der Waals surface area contributed by atoms with Gasteiger partial charge in [0.15, 0.2) is 17.0 Å². The molecule has 0 aliphatic rings. The Morgan fingerprint density at radius 2 is 1.97 bits per heavy atom. The fraction of sp³-hybridized carbons (Fsp3) is 0.476. The van der Waals surface area contributed by atoms with Crippen LogP contribution in [0.4, 0.5) is 11.8 Å². The zero-order valence-corrected chi connectivity index (χ0v) is 18.7. The minimum atomic E-state index is -0.939. The van der Waals surface area contributed by atoms with E-state index in [0.717, 1.165) is 0 Å². The molecule has 3 aromatic rings. The number of phenols is 1. The summed E-state index contributed by atoms with van der Waals surface area (Å²) in [5.41, 5.74) is 1.03. The molecule has 0 saturated carbocycles. The molecule has 8 nitrogen and oxygen atoms in total. The standard InChI is InChI=1S/C21H29ClN6O2/c1-6-16(21(4,5)30)25-20-26-18(17-19(27-20)28(11-24-17)12(2)3)23-10-13-9-14(22)7-8-15(13)29/h7-9,11-12,16,29-30H,6,10H2,1-5H3,(H2,23,25,26,27). The van der Waals surface area contributed by atoms with E-state index in [4.69, 9.17) is 11.6 Å². The Kier molecular flexibility index (Phi) is 6.38. The van der Waals surface area contributed by atoms with Gasteiger partial charge in [-0.05, 0) is 52.3 Å². The summed E-state index contributed by atoms with van der Waals surface area (Å²) in [6.07, 6.45) is 2.44. The molecular weight excluding hydrogens is 404 g/mol. The first-order valence-electron chi connectivity index (χ1n) is 10.0. The van der Waals surface area contributed by atoms with Crippen molar-refractivity contribution < 1.29 is 10.2 Å². The Morgan fingerprint density at radius 3 is 2.60 bits per heavy atom. The molecule has 3 rings (SSSR count). The van der Waals surface area contributed by atoms with Crippen molar-refractivity contribution in [3.05, 3.63) is 35.1 Å². The van der Waals surface area contributed by atoms with Crippen LogP contribution in [-0.2, 0) is 6.54 Å². The molecule has 0 saturated heterocycles. The lowest BCUT2D eigenvalue weighted by molar-refractivity contribution is 0.0577. The van der Waals surface area contributed by atoms with E-state index in [1.807, 2.05) is 11.5 Å². The minimum absolute atomic E-state index is 0.149. The van der Waals surface area contributed by atoms with Crippen LogP contribution in [0.1, 0.15) is 52.6 Å². The zero-order chi connectivity index (χ0) is 22.1. The highest BCUT2D eigenvalue weighted by atomic mass is 35.5. The molecule has 162 valence electrons. The highest BCUT2D eigenvalue weighted by molar-refractivity contribution is 6.30. The normalized spacial score (nSPS) is 13.1. The number of nitrogens with zero attached hydrogens (tertiary/aromatic N) is 4. The van der Waals surface area contributed by atoms with Gasteiger partial charge < -0.3 is 25.4 Å². The Labute approximate surface area is 181 Å². The van der Waals surface area contributed by atoms with Crippen LogP contribution in [0.3, 0.4) is 0 Å². The van der Waals surface area contributed by atoms with E-state index >= 15 is 0 Å². The fourth-order valence-corrected chi connectivity index (χ4v) is 3.49. The lowest BCUT2D eigenvalue weighted by Gasteiger charge is -2.29. The molecule has 0 fully saturated rings. The summed E-state index contributed by atoms with van der Waals surface area (Å²) in [6, 6.07) is 4.84. The number of aliphatic hydroxyl groups is 1. The van der Waals surface area contributed by atoms with Gasteiger partial charge >= 0.3 is 0 Å². The third-order valence-electron chi connectivity index (χ3n) is 5.03. The van der Waals surface area contributed by atoms with Crippen molar-refractivity contribution in [2.75, 3.05) is 10.6 Å². The molecule has 0 radical (unpaired) electrons. The number of halogens is 1. The number of hydrogen-bond acceptors (Lipinski definition) is 7. The number of benzene rings is 1. The second kappa shape index (κ2) is 8.65. The molecular formula is C21H29ClN6O2. The van der Waals surface area contributed by atoms with Gasteiger partial charge in [-0.3, -0.25) is 0 Å². The third-order valence-corrected chi connectivity index (χ3v) is 5.27. The number of phenolic OH excluding ortho intramolecular Hbond substituents is 1. The number of aromatic nitrogens is 4. The molecule has 0 amide bonds. The number of nitrogens with one attached hydrogen (secondary N) is 2. The minimum Gasteiger partial charge on any atom is -0.508 e. The lowest BCUT2D eigenvalue weighted by atomic mass is 9.97. The van der Waals surface area contributed by atoms with E-state index in [-0.39, 0.29) is 17.8 Å². The van der Waals surface area contributed by atoms with Gasteiger partial charge in [0.2, 0.25) is 5.95 Å². The maximum atomic E-state index is 10.4. The molecule has 0 aliphatic carbocycles. The summed E-state index contributed by atoms with van der Waals surface area (Å²) >= 11 is 6.06. The zero-order valence-electron chi connectivity index (χ0n) is 17.9. The largest absolute Gasteiger partial charge is 0.508 e. The van der Waals surface area contributed by atoms with E-state index in [1.54, 1.807) is 38.4 Å². The molecule has 2 heterocycles. The SMILES string of the molecule is CCC(Nc1nc(NCc2cc(Cl)ccc2O)c2ncn(C(C)C)c2n1)C(C)(C)O. The van der Waals surface area contributed by atoms with Crippen LogP contribution in [0.2, 0.25) is 5.02 Å². The molecule has 1 aromatic carbocycles. The van der Waals surface area contributed by atoms with Crippen molar-refractivity contribution in [3.8, 4) is 5.75 Å². The van der Waals surface area contributed by atoms with Crippen molar-refractivity contribution in [1.29, 1.82) is 0 Å². The van der Waals surface area contributed by atoms with Gasteiger partial charge in [0.25, 0.3) is 0 Å². The van der Waals surface area contributed by atoms with Crippen LogP contribution in [0.25, 0.3) is 11.2 Å². The summed E-state index contributed by atoms with van der Waals surface area (Å²) < 4.78 is 1.97. The maximum absolute atomic E-state index is 10.4. The van der Waals surface area contributed by atoms with E-state index in [0.29, 0.717) is 46.5 Å². The third kappa shape index (κ3) is 4.76. The Hall–Kier alpha value is -2.58. The van der Waals surface area contributed by atoms with E-state index in [2.05, 4.69) is 39.4 Å². The van der Waals surface area contributed by atoms with Crippen molar-refractivity contribution in [2.24, 2.45) is 0 Å². The predicted octanol–water partition coefficient (Wildman–Crippen LogP) is 4.34. The maximum Gasteiger partial charge on any atom is 0.227 e. The Morgan fingerprint density at radius 1 is 1.23 bits per heavy atom. The highest BCUT2D eigenvalue weighted by Crippen LogP contribution is 2.27. The first-order valence-corrected chi connectivity index (χ1v) is 10.4. The molecule has 0 spiro atoms. The summed E-state index contributed by atoms with van der Waals surface area (Å²) in [7, 11) is 0. The van der Waals surface area contributed by atoms with Gasteiger partial charge in [-0.15, -0.1) is 0 Å². The molecule has 4 N–H and O–H groups in total. The Balaban J connectivity index is 2.00. The van der Waals surface area contributed by atoms with Gasteiger partial charge in [-0.25, -0.2) is 4.98 Å². The van der Waals surface area contributed by atoms with Crippen molar-refractivity contribution in [1.82, 2.24) is 19.5 Å². The first kappa shape index (κ1) is 22.1. The van der Waals surface area contributed by atoms with Gasteiger partial charge in [0, 0.05) is 23.2 Å². The number of aromatic hydroxyl groups is 1. The summed E-state index contributed by atoms with van der Waals surface area (Å²) in [5.74, 6) is 1.08. The quantitative estimate of drug-likeness (QED) is 0.419. The van der Waals surface area contributed by atoms with E-state index in [1.165, 1.54) is 0 Å². The van der Waals surface area contributed by atoms with Crippen molar-refractivity contribution in [2.45, 2.75) is 65.3 Å². The molecule has 1 atom stereocenters. The average Bonchev–Trinajstić information content (AvgIpc) is 3.10. The lowest BCUT2D eigenvalue weighted by Crippen LogP contribution is -2.41. The Bertz CT molecular complexity index is 1030. The van der Waals surface area contributed by atoms with Crippen LogP contribution in [-0.4, -0.2) is 41.4 Å². The summed E-state index contributed by atoms with van der Waals surface area (Å²) in [5, 5.41) is 27.6. The number of hydrogen-bond donors (Lipinski definition) is 4. The summed E-state index contributed by atoms with van der Waals surface area (Å²) in [4.78, 5) is 13.8. The second-order valence-corrected chi connectivity index (χ2v) is 8.64. The van der Waals surface area contributed by atoms with Crippen molar-refractivity contribution in [3.63, 3.8) is 0 Å². The first-order chi connectivity index (χ1) is 14.1. The average molecular weight is 433 g/mol. The molecule has 30 heavy (non-hydrogen) atoms. The molecule has 0 bridgehead atoms. The van der Waals surface area contributed by atoms with Crippen LogP contribution >= 0.6 is 11.6 Å². The van der Waals surface area contributed by atoms with Crippen LogP contribution in [0, 0.1) is 0 Å². The predicted molar refractivity (Wildman–Crippen MR) is 120 cm³/mol. The van der Waals surface area contributed by atoms with E-state index in [9.17, 15) is 10.2 Å². The van der Waals surface area contributed by atoms with Gasteiger partial charge in [-0.1, -0.05) is 18.5 Å². The van der Waals surface area contributed by atoms with E-state index < -0.39 is 5.60 Å². The van der Waals surface area contributed by atoms with Crippen LogP contribution in [0.5, 0.6) is 5.75 Å². The van der Waals surface area contributed by atoms with Gasteiger partial charge in [0.05, 0.1) is 18.0 Å². The molecule has 2 aromatic heterocycles. The van der Waals surface area contributed by atoms with Crippen LogP contribution in [0.15, 0.2) is 24.5 Å². The monoisotopic (exact) mass is 432 g/mol. The highest BCUT2D eigenvalue weighted by Gasteiger charge is 2.26. The molecule has 9 heteroatoms. The van der Waals surface area contributed by atoms with Crippen molar-refractivity contribution >= 4 is 34.5 Å². The molecule has 1 unspecified atom stereocenters. The smallest absolute Gasteiger partial charge is 0.227 e.